The van der Waals surface area contributed by atoms with E-state index in [0.717, 1.165) is 28.3 Å². The molecule has 45 heavy (non-hydrogen) atoms. The number of ketones is 1. The predicted molar refractivity (Wildman–Crippen MR) is 149 cm³/mol. The summed E-state index contributed by atoms with van der Waals surface area (Å²) in [7, 11) is -5.04. The maximum atomic E-state index is 13.3. The Morgan fingerprint density at radius 2 is 1.93 bits per heavy atom. The fourth-order valence-electron chi connectivity index (χ4n) is 4.02. The summed E-state index contributed by atoms with van der Waals surface area (Å²) in [5.74, 6) is -5.30. The van der Waals surface area contributed by atoms with Gasteiger partial charge in [0.05, 0.1) is 49.8 Å². The summed E-state index contributed by atoms with van der Waals surface area (Å²) in [6.07, 6.45) is 1.49. The van der Waals surface area contributed by atoms with E-state index >= 15 is 0 Å². The van der Waals surface area contributed by atoms with Crippen LogP contribution in [-0.4, -0.2) is 92.4 Å². The molecule has 3 aromatic heterocycles. The normalized spacial score (nSPS) is 17.3. The summed E-state index contributed by atoms with van der Waals surface area (Å²) in [6, 6.07) is -0.338. The number of thiazole rings is 1. The molecule has 0 bridgehead atoms. The van der Waals surface area contributed by atoms with Crippen LogP contribution >= 0.6 is 11.3 Å². The third-order valence-corrected chi connectivity index (χ3v) is 8.03. The summed E-state index contributed by atoms with van der Waals surface area (Å²) in [5, 5.41) is 41.2. The van der Waals surface area contributed by atoms with Gasteiger partial charge in [-0.15, -0.1) is 16.4 Å². The van der Waals surface area contributed by atoms with Crippen LogP contribution in [0.15, 0.2) is 33.8 Å². The average Bonchev–Trinajstić information content (AvgIpc) is 3.57. The number of oxime groups is 1. The number of carboxylic acids is 1. The van der Waals surface area contributed by atoms with E-state index < -0.39 is 68.8 Å². The van der Waals surface area contributed by atoms with Gasteiger partial charge in [0.1, 0.15) is 11.4 Å². The van der Waals surface area contributed by atoms with Crippen molar-refractivity contribution in [2.45, 2.75) is 51.7 Å². The van der Waals surface area contributed by atoms with E-state index in [0.29, 0.717) is 4.73 Å². The highest BCUT2D eigenvalue weighted by Gasteiger charge is 2.54. The van der Waals surface area contributed by atoms with Crippen molar-refractivity contribution in [2.75, 3.05) is 5.73 Å². The average molecular weight is 671 g/mol. The zero-order chi connectivity index (χ0) is 33.3. The minimum atomic E-state index is -5.04. The van der Waals surface area contributed by atoms with Crippen LogP contribution in [0.1, 0.15) is 37.4 Å². The number of carbonyl (C=O) groups excluding carboxylic acids is 2. The Bertz CT molecular complexity index is 1830. The lowest BCUT2D eigenvalue weighted by atomic mass is 9.84. The second-order valence-electron chi connectivity index (χ2n) is 10.1. The lowest BCUT2D eigenvalue weighted by Gasteiger charge is -2.43. The van der Waals surface area contributed by atoms with Crippen molar-refractivity contribution in [3.63, 3.8) is 0 Å². The first-order chi connectivity index (χ1) is 21.0. The molecule has 0 saturated carbocycles. The molecule has 0 aliphatic carbocycles. The van der Waals surface area contributed by atoms with Crippen LogP contribution in [0.3, 0.4) is 0 Å². The van der Waals surface area contributed by atoms with E-state index in [1.54, 1.807) is 0 Å². The van der Waals surface area contributed by atoms with Gasteiger partial charge in [0.2, 0.25) is 16.9 Å². The van der Waals surface area contributed by atoms with E-state index in [4.69, 9.17) is 15.3 Å². The van der Waals surface area contributed by atoms with Gasteiger partial charge in [0.15, 0.2) is 22.4 Å². The summed E-state index contributed by atoms with van der Waals surface area (Å²) >= 11 is 0.951. The number of nitrogens with two attached hydrogens (primary N) is 1. The van der Waals surface area contributed by atoms with Crippen molar-refractivity contribution < 1.29 is 52.3 Å². The molecule has 4 rings (SSSR count). The molecule has 0 radical (unpaired) electrons. The van der Waals surface area contributed by atoms with Crippen LogP contribution in [0.25, 0.3) is 0 Å². The Hall–Kier alpha value is -4.93. The molecule has 2 atom stereocenters. The molecule has 1 aliphatic heterocycles. The van der Waals surface area contributed by atoms with Gasteiger partial charge in [-0.25, -0.2) is 14.1 Å². The Labute approximate surface area is 256 Å². The Balaban J connectivity index is 1.49. The Kier molecular flexibility index (Phi) is 9.22. The third kappa shape index (κ3) is 7.42. The number of hydrogen-bond donors (Lipinski definition) is 5. The second kappa shape index (κ2) is 12.6. The number of hydrogen-bond acceptors (Lipinski definition) is 16. The van der Waals surface area contributed by atoms with Crippen molar-refractivity contribution in [2.24, 2.45) is 11.1 Å². The minimum absolute atomic E-state index is 0.0228. The molecule has 1 aliphatic rings. The maximum absolute atomic E-state index is 13.3. The second-order valence-corrected chi connectivity index (χ2v) is 12.3. The molecule has 4 heterocycles. The van der Waals surface area contributed by atoms with Crippen LogP contribution in [-0.2, 0) is 54.0 Å². The van der Waals surface area contributed by atoms with Crippen LogP contribution in [0.5, 0.6) is 5.75 Å². The van der Waals surface area contributed by atoms with Crippen molar-refractivity contribution in [3.8, 4) is 5.75 Å². The number of nitrogens with zero attached hydrogens (tertiary/aromatic N) is 7. The Morgan fingerprint density at radius 1 is 1.22 bits per heavy atom. The molecule has 242 valence electrons. The predicted octanol–water partition coefficient (Wildman–Crippen LogP) is -0.989. The van der Waals surface area contributed by atoms with E-state index in [2.05, 4.69) is 20.5 Å². The number of aromatic hydroxyl groups is 1. The standard InChI is InChI=1S/C23H26N8O12S2/c1-23(2,21(36)37)43-27-19(14-10-44-22(24)25-14)17(33)4-13-15(31(20(13)35)45(39,40)41)6-29-5-11(26-28-29)8-42-9-12-3-16(32)18(34)7-30(12)38/h3,5,7,10,13,15,34,38H,4,6,8-9H2,1-2H3,(H2,24,25)(H,36,37)(H,39,40,41)/b27-19-/t13-,15+/m0/s1. The molecule has 1 saturated heterocycles. The van der Waals surface area contributed by atoms with Gasteiger partial charge in [0, 0.05) is 17.9 Å². The fraction of sp³-hybridized carbons (Fsp3) is 0.391. The first-order valence-electron chi connectivity index (χ1n) is 12.6. The van der Waals surface area contributed by atoms with Gasteiger partial charge < -0.3 is 30.7 Å². The number of aromatic nitrogens is 5. The Morgan fingerprint density at radius 3 is 2.56 bits per heavy atom. The number of anilines is 1. The first-order valence-corrected chi connectivity index (χ1v) is 14.9. The molecular formula is C23H26N8O12S2. The molecule has 3 aromatic rings. The number of Topliss-reactive ketones (excluding diaryl/α,β-unsaturated/α-hetero) is 1. The smallest absolute Gasteiger partial charge is 0.362 e. The highest BCUT2D eigenvalue weighted by atomic mass is 32.2. The van der Waals surface area contributed by atoms with Crippen molar-refractivity contribution in [1.29, 1.82) is 0 Å². The van der Waals surface area contributed by atoms with Crippen LogP contribution in [0, 0.1) is 5.92 Å². The highest BCUT2D eigenvalue weighted by Crippen LogP contribution is 2.34. The zero-order valence-electron chi connectivity index (χ0n) is 23.4. The maximum Gasteiger partial charge on any atom is 0.362 e. The number of β-lactam (4-membered cyclic amide) rings is 1. The molecule has 22 heteroatoms. The highest BCUT2D eigenvalue weighted by molar-refractivity contribution is 7.84. The third-order valence-electron chi connectivity index (χ3n) is 6.41. The monoisotopic (exact) mass is 670 g/mol. The number of aliphatic carboxylic acids is 1. The van der Waals surface area contributed by atoms with Crippen LogP contribution in [0.4, 0.5) is 5.13 Å². The molecular weight excluding hydrogens is 644 g/mol. The molecule has 0 unspecified atom stereocenters. The fourth-order valence-corrected chi connectivity index (χ4v) is 5.49. The zero-order valence-corrected chi connectivity index (χ0v) is 25.0. The van der Waals surface area contributed by atoms with Crippen molar-refractivity contribution in [3.05, 3.63) is 51.1 Å². The minimum Gasteiger partial charge on any atom is -0.503 e. The van der Waals surface area contributed by atoms with E-state index in [1.165, 1.54) is 25.4 Å². The molecule has 0 aromatic carbocycles. The topological polar surface area (TPSA) is 292 Å². The van der Waals surface area contributed by atoms with Gasteiger partial charge >= 0.3 is 16.3 Å². The SMILES string of the molecule is CC(C)(O/N=C(\C(=O)C[C@@H]1C(=O)N(S(=O)(=O)O)[C@@H]1Cn1cc(COCc2cc(=O)c(O)cn2O)nn1)c1csc(N)n1)C(=O)O. The van der Waals surface area contributed by atoms with E-state index in [9.17, 15) is 47.6 Å². The van der Waals surface area contributed by atoms with Gasteiger partial charge in [-0.2, -0.15) is 13.1 Å². The van der Waals surface area contributed by atoms with Crippen molar-refractivity contribution in [1.82, 2.24) is 29.0 Å². The van der Waals surface area contributed by atoms with E-state index in [1.807, 2.05) is 0 Å². The quantitative estimate of drug-likeness (QED) is 0.0452. The summed E-state index contributed by atoms with van der Waals surface area (Å²) in [4.78, 5) is 58.1. The summed E-state index contributed by atoms with van der Waals surface area (Å²) in [6.45, 7) is 1.57. The number of ether oxygens (including phenoxy) is 1. The van der Waals surface area contributed by atoms with E-state index in [-0.39, 0.29) is 46.3 Å². The van der Waals surface area contributed by atoms with Gasteiger partial charge in [-0.05, 0) is 13.8 Å². The number of carboxylic acid groups (broad SMARTS) is 1. The summed E-state index contributed by atoms with van der Waals surface area (Å²) < 4.78 is 40.8. The number of amides is 1. The molecule has 1 amide bonds. The lowest BCUT2D eigenvalue weighted by Crippen LogP contribution is -2.64. The number of carbonyl (C=O) groups is 3. The number of rotatable bonds is 14. The van der Waals surface area contributed by atoms with Gasteiger partial charge in [-0.3, -0.25) is 23.6 Å². The lowest BCUT2D eigenvalue weighted by molar-refractivity contribution is -0.161. The van der Waals surface area contributed by atoms with Gasteiger partial charge in [-0.1, -0.05) is 10.4 Å². The van der Waals surface area contributed by atoms with Gasteiger partial charge in [0.25, 0.3) is 0 Å². The molecule has 1 fully saturated rings. The van der Waals surface area contributed by atoms with Crippen molar-refractivity contribution >= 4 is 50.1 Å². The number of pyridine rings is 1. The summed E-state index contributed by atoms with van der Waals surface area (Å²) in [5.41, 5.74) is 2.78. The van der Waals surface area contributed by atoms with Crippen LogP contribution in [0.2, 0.25) is 0 Å². The largest absolute Gasteiger partial charge is 0.503 e. The molecule has 20 nitrogen and oxygen atoms in total. The molecule has 0 spiro atoms. The van der Waals surface area contributed by atoms with Crippen LogP contribution < -0.4 is 11.2 Å². The number of nitrogen functional groups attached to an aromatic ring is 1. The molecule has 6 N–H and O–H groups in total. The first kappa shape index (κ1) is 33.0.